The molecule has 1 aromatic heterocycles. The molecular weight excluding hydrogens is 390 g/mol. The molecule has 1 heterocycles. The lowest BCUT2D eigenvalue weighted by molar-refractivity contribution is 0.884. The summed E-state index contributed by atoms with van der Waals surface area (Å²) in [6, 6.07) is 17.5. The monoisotopic (exact) mass is 411 g/mol. The third-order valence-corrected chi connectivity index (χ3v) is 5.10. The molecule has 0 radical (unpaired) electrons. The first-order valence-corrected chi connectivity index (χ1v) is 10.4. The normalized spacial score (nSPS) is 12.0. The molecule has 0 spiro atoms. The van der Waals surface area contributed by atoms with Crippen LogP contribution in [0, 0.1) is 0 Å². The molecule has 7 heteroatoms. The Balaban J connectivity index is 1.90. The van der Waals surface area contributed by atoms with Crippen molar-refractivity contribution < 1.29 is 0 Å². The van der Waals surface area contributed by atoms with Crippen LogP contribution in [0.4, 0.5) is 0 Å². The lowest BCUT2D eigenvalue weighted by Crippen LogP contribution is -2.06. The van der Waals surface area contributed by atoms with E-state index in [1.165, 1.54) is 11.8 Å². The van der Waals surface area contributed by atoms with Crippen molar-refractivity contribution in [3.63, 3.8) is 0 Å². The second-order valence-corrected chi connectivity index (χ2v) is 7.66. The van der Waals surface area contributed by atoms with Crippen molar-refractivity contribution in [2.75, 3.05) is 5.75 Å². The van der Waals surface area contributed by atoms with Gasteiger partial charge in [0.15, 0.2) is 5.17 Å². The van der Waals surface area contributed by atoms with Crippen LogP contribution >= 0.6 is 23.4 Å². The summed E-state index contributed by atoms with van der Waals surface area (Å²) in [6.45, 7) is 2.15. The molecule has 0 atom stereocenters. The number of hydrogen-bond acceptors (Lipinski definition) is 4. The van der Waals surface area contributed by atoms with Crippen molar-refractivity contribution in [2.45, 2.75) is 19.8 Å². The maximum Gasteiger partial charge on any atom is 0.180 e. The van der Waals surface area contributed by atoms with Crippen LogP contribution in [0.1, 0.15) is 25.3 Å². The molecule has 3 aromatic rings. The zero-order valence-corrected chi connectivity index (χ0v) is 17.2. The van der Waals surface area contributed by atoms with Crippen molar-refractivity contribution in [1.82, 2.24) is 9.78 Å². The van der Waals surface area contributed by atoms with Crippen LogP contribution in [0.2, 0.25) is 5.02 Å². The van der Waals surface area contributed by atoms with Crippen LogP contribution in [-0.4, -0.2) is 26.9 Å². The Hall–Kier alpha value is -2.57. The molecule has 0 saturated heterocycles. The summed E-state index contributed by atoms with van der Waals surface area (Å²) >= 11 is 7.54. The topological polar surface area (TPSA) is 68.6 Å². The first kappa shape index (κ1) is 20.2. The van der Waals surface area contributed by atoms with Gasteiger partial charge in [0.2, 0.25) is 0 Å². The second-order valence-electron chi connectivity index (χ2n) is 6.10. The van der Waals surface area contributed by atoms with Crippen LogP contribution in [0.15, 0.2) is 71.0 Å². The molecule has 3 rings (SSSR count). The van der Waals surface area contributed by atoms with Gasteiger partial charge in [0.1, 0.15) is 5.69 Å². The van der Waals surface area contributed by atoms with Gasteiger partial charge in [0.25, 0.3) is 0 Å². The third kappa shape index (κ3) is 5.47. The molecule has 0 unspecified atom stereocenters. The third-order valence-electron chi connectivity index (χ3n) is 3.98. The van der Waals surface area contributed by atoms with E-state index >= 15 is 0 Å². The van der Waals surface area contributed by atoms with Gasteiger partial charge in [-0.15, -0.1) is 5.10 Å². The predicted octanol–water partition coefficient (Wildman–Crippen LogP) is 5.37. The highest BCUT2D eigenvalue weighted by atomic mass is 35.5. The summed E-state index contributed by atoms with van der Waals surface area (Å²) in [6.07, 6.45) is 5.85. The lowest BCUT2D eigenvalue weighted by Gasteiger charge is -2.00. The largest absolute Gasteiger partial charge is 0.377 e. The van der Waals surface area contributed by atoms with E-state index in [0.29, 0.717) is 10.2 Å². The molecule has 0 bridgehead atoms. The van der Waals surface area contributed by atoms with E-state index in [-0.39, 0.29) is 0 Å². The number of aromatic nitrogens is 2. The van der Waals surface area contributed by atoms with Gasteiger partial charge in [-0.05, 0) is 30.7 Å². The van der Waals surface area contributed by atoms with Crippen molar-refractivity contribution in [2.24, 2.45) is 15.9 Å². The van der Waals surface area contributed by atoms with E-state index in [1.807, 2.05) is 65.5 Å². The quantitative estimate of drug-likeness (QED) is 0.246. The summed E-state index contributed by atoms with van der Waals surface area (Å²) < 4.78 is 1.83. The fourth-order valence-electron chi connectivity index (χ4n) is 2.52. The molecule has 2 aromatic carbocycles. The Kier molecular flexibility index (Phi) is 7.28. The molecule has 0 amide bonds. The molecule has 28 heavy (non-hydrogen) atoms. The van der Waals surface area contributed by atoms with E-state index in [2.05, 4.69) is 17.1 Å². The summed E-state index contributed by atoms with van der Waals surface area (Å²) in [5, 5.41) is 14.1. The minimum atomic E-state index is 0.466. The van der Waals surface area contributed by atoms with Gasteiger partial charge in [-0.25, -0.2) is 4.68 Å². The van der Waals surface area contributed by atoms with Crippen molar-refractivity contribution >= 4 is 34.7 Å². The summed E-state index contributed by atoms with van der Waals surface area (Å²) in [7, 11) is 0. The SMILES string of the molecule is CCCCS/C(N)=N\N=C/c1cn(-c2ccccc2)nc1-c1ccc(Cl)cc1. The van der Waals surface area contributed by atoms with Gasteiger partial charge in [0.05, 0.1) is 11.9 Å². The molecule has 144 valence electrons. The lowest BCUT2D eigenvalue weighted by atomic mass is 10.1. The number of thioether (sulfide) groups is 1. The average molecular weight is 412 g/mol. The van der Waals surface area contributed by atoms with Crippen LogP contribution < -0.4 is 5.73 Å². The Bertz CT molecular complexity index is 949. The zero-order valence-electron chi connectivity index (χ0n) is 15.6. The molecule has 0 aliphatic heterocycles. The molecule has 5 nitrogen and oxygen atoms in total. The van der Waals surface area contributed by atoms with Crippen molar-refractivity contribution in [3.8, 4) is 16.9 Å². The Labute approximate surface area is 174 Å². The number of nitrogens with two attached hydrogens (primary N) is 1. The maximum atomic E-state index is 6.02. The molecule has 0 aliphatic rings. The van der Waals surface area contributed by atoms with Crippen LogP contribution in [-0.2, 0) is 0 Å². The van der Waals surface area contributed by atoms with E-state index in [1.54, 1.807) is 6.21 Å². The molecule has 0 aliphatic carbocycles. The minimum absolute atomic E-state index is 0.466. The van der Waals surface area contributed by atoms with Gasteiger partial charge < -0.3 is 5.73 Å². The van der Waals surface area contributed by atoms with E-state index in [9.17, 15) is 0 Å². The zero-order chi connectivity index (χ0) is 19.8. The van der Waals surface area contributed by atoms with E-state index in [0.717, 1.165) is 41.1 Å². The Morgan fingerprint density at radius 2 is 1.93 bits per heavy atom. The van der Waals surface area contributed by atoms with Crippen molar-refractivity contribution in [1.29, 1.82) is 0 Å². The van der Waals surface area contributed by atoms with Crippen LogP contribution in [0.5, 0.6) is 0 Å². The van der Waals surface area contributed by atoms with Gasteiger partial charge in [-0.3, -0.25) is 0 Å². The predicted molar refractivity (Wildman–Crippen MR) is 121 cm³/mol. The second kappa shape index (κ2) is 10.1. The fourth-order valence-corrected chi connectivity index (χ4v) is 3.40. The molecule has 0 saturated carbocycles. The molecule has 2 N–H and O–H groups in total. The van der Waals surface area contributed by atoms with Crippen molar-refractivity contribution in [3.05, 3.63) is 71.4 Å². The van der Waals surface area contributed by atoms with Crippen LogP contribution in [0.25, 0.3) is 16.9 Å². The van der Waals surface area contributed by atoms with E-state index < -0.39 is 0 Å². The molecule has 0 fully saturated rings. The van der Waals surface area contributed by atoms with Crippen LogP contribution in [0.3, 0.4) is 0 Å². The number of benzene rings is 2. The number of nitrogens with zero attached hydrogens (tertiary/aromatic N) is 4. The van der Waals surface area contributed by atoms with Gasteiger partial charge in [-0.2, -0.15) is 10.2 Å². The van der Waals surface area contributed by atoms with Gasteiger partial charge >= 0.3 is 0 Å². The van der Waals surface area contributed by atoms with Gasteiger partial charge in [0, 0.05) is 28.1 Å². The summed E-state index contributed by atoms with van der Waals surface area (Å²) in [5.74, 6) is 0.948. The summed E-state index contributed by atoms with van der Waals surface area (Å²) in [5.41, 5.74) is 9.48. The standard InChI is InChI=1S/C21H22ClN5S/c1-2-3-13-28-21(23)25-24-14-17-15-27(19-7-5-4-6-8-19)26-20(17)16-9-11-18(22)12-10-16/h4-12,14-15H,2-3,13H2,1H3,(H2,23,25)/b24-14-. The average Bonchev–Trinajstić information content (AvgIpc) is 3.14. The number of hydrogen-bond donors (Lipinski definition) is 1. The fraction of sp³-hybridized carbons (Fsp3) is 0.190. The number of rotatable bonds is 7. The smallest absolute Gasteiger partial charge is 0.180 e. The van der Waals surface area contributed by atoms with E-state index in [4.69, 9.17) is 22.4 Å². The minimum Gasteiger partial charge on any atom is -0.377 e. The maximum absolute atomic E-state index is 6.02. The highest BCUT2D eigenvalue weighted by Gasteiger charge is 2.11. The number of halogens is 1. The first-order valence-electron chi connectivity index (χ1n) is 9.07. The number of para-hydroxylation sites is 1. The number of amidine groups is 1. The highest BCUT2D eigenvalue weighted by Crippen LogP contribution is 2.24. The van der Waals surface area contributed by atoms with Gasteiger partial charge in [-0.1, -0.05) is 67.0 Å². The molecular formula is C21H22ClN5S. The first-order chi connectivity index (χ1) is 13.7. The summed E-state index contributed by atoms with van der Waals surface area (Å²) in [4.78, 5) is 0. The number of unbranched alkanes of at least 4 members (excludes halogenated alkanes) is 1. The highest BCUT2D eigenvalue weighted by molar-refractivity contribution is 8.13. The Morgan fingerprint density at radius 1 is 1.18 bits per heavy atom. The Morgan fingerprint density at radius 3 is 2.64 bits per heavy atom.